The summed E-state index contributed by atoms with van der Waals surface area (Å²) in [5.41, 5.74) is 7.50. The number of sulfonamides is 1. The number of benzene rings is 2. The molecule has 6 nitrogen and oxygen atoms in total. The van der Waals surface area contributed by atoms with Gasteiger partial charge in [0.1, 0.15) is 0 Å². The topological polar surface area (TPSA) is 90.7 Å². The van der Waals surface area contributed by atoms with Crippen LogP contribution in [-0.4, -0.2) is 21.8 Å². The van der Waals surface area contributed by atoms with E-state index in [0.717, 1.165) is 5.56 Å². The van der Waals surface area contributed by atoms with E-state index in [0.29, 0.717) is 17.1 Å². The molecule has 3 N–H and O–H groups in total. The molecule has 0 fully saturated rings. The molecule has 1 aliphatic rings. The first-order valence-corrected chi connectivity index (χ1v) is 8.66. The van der Waals surface area contributed by atoms with Gasteiger partial charge in [0.05, 0.1) is 4.90 Å². The number of hydrogen-bond donors (Lipinski definition) is 2. The third-order valence-corrected chi connectivity index (χ3v) is 5.25. The lowest BCUT2D eigenvalue weighted by atomic mass is 10.1. The molecule has 0 saturated carbocycles. The summed E-state index contributed by atoms with van der Waals surface area (Å²) in [5, 5.41) is 0. The van der Waals surface area contributed by atoms with Gasteiger partial charge in [0, 0.05) is 18.7 Å². The molecule has 0 aliphatic carbocycles. The summed E-state index contributed by atoms with van der Waals surface area (Å²) in [6.45, 7) is 1.93. The summed E-state index contributed by atoms with van der Waals surface area (Å²) in [6, 6.07) is 12.1. The first kappa shape index (κ1) is 15.8. The van der Waals surface area contributed by atoms with Gasteiger partial charge >= 0.3 is 0 Å². The van der Waals surface area contributed by atoms with Gasteiger partial charge in [-0.3, -0.25) is 0 Å². The van der Waals surface area contributed by atoms with E-state index in [2.05, 4.69) is 4.72 Å². The second-order valence-electron chi connectivity index (χ2n) is 5.34. The molecule has 0 amide bonds. The molecular formula is C16H18N2O4S. The van der Waals surface area contributed by atoms with Crippen LogP contribution in [0.1, 0.15) is 17.2 Å². The molecule has 7 heteroatoms. The van der Waals surface area contributed by atoms with Gasteiger partial charge in [-0.1, -0.05) is 30.3 Å². The molecule has 1 aliphatic heterocycles. The molecule has 0 spiro atoms. The van der Waals surface area contributed by atoms with Crippen molar-refractivity contribution in [3.63, 3.8) is 0 Å². The van der Waals surface area contributed by atoms with Crippen molar-refractivity contribution in [2.24, 2.45) is 5.73 Å². The van der Waals surface area contributed by atoms with Crippen LogP contribution in [-0.2, 0) is 10.0 Å². The molecule has 0 saturated heterocycles. The maximum Gasteiger partial charge on any atom is 0.241 e. The Kier molecular flexibility index (Phi) is 4.25. The van der Waals surface area contributed by atoms with Crippen molar-refractivity contribution in [1.82, 2.24) is 4.72 Å². The largest absolute Gasteiger partial charge is 0.454 e. The first-order chi connectivity index (χ1) is 11.0. The molecule has 0 bridgehead atoms. The molecule has 2 aromatic carbocycles. The van der Waals surface area contributed by atoms with Crippen molar-refractivity contribution in [2.75, 3.05) is 13.3 Å². The minimum Gasteiger partial charge on any atom is -0.454 e. The van der Waals surface area contributed by atoms with E-state index in [4.69, 9.17) is 15.2 Å². The monoisotopic (exact) mass is 334 g/mol. The number of fused-ring (bicyclic) bond motifs is 1. The fourth-order valence-electron chi connectivity index (χ4n) is 2.41. The van der Waals surface area contributed by atoms with Crippen LogP contribution in [0.25, 0.3) is 0 Å². The normalized spacial score (nSPS) is 14.7. The van der Waals surface area contributed by atoms with Crippen LogP contribution in [0.4, 0.5) is 0 Å². The van der Waals surface area contributed by atoms with E-state index in [1.165, 1.54) is 6.07 Å². The molecule has 1 unspecified atom stereocenters. The van der Waals surface area contributed by atoms with Gasteiger partial charge in [0.15, 0.2) is 11.5 Å². The van der Waals surface area contributed by atoms with Gasteiger partial charge in [-0.25, -0.2) is 13.1 Å². The number of nitrogens with one attached hydrogen (secondary N) is 1. The highest BCUT2D eigenvalue weighted by atomic mass is 32.2. The van der Waals surface area contributed by atoms with Crippen molar-refractivity contribution >= 4 is 10.0 Å². The van der Waals surface area contributed by atoms with Crippen LogP contribution in [0.15, 0.2) is 47.4 Å². The summed E-state index contributed by atoms with van der Waals surface area (Å²) in [5.74, 6) is 0.991. The maximum atomic E-state index is 12.5. The summed E-state index contributed by atoms with van der Waals surface area (Å²) in [4.78, 5) is 0.169. The molecule has 0 radical (unpaired) electrons. The van der Waals surface area contributed by atoms with Gasteiger partial charge in [0.25, 0.3) is 0 Å². The van der Waals surface area contributed by atoms with Crippen molar-refractivity contribution in [3.05, 3.63) is 53.6 Å². The predicted molar refractivity (Wildman–Crippen MR) is 85.9 cm³/mol. The Morgan fingerprint density at radius 1 is 1.17 bits per heavy atom. The number of nitrogens with two attached hydrogens (primary N) is 1. The number of hydrogen-bond acceptors (Lipinski definition) is 5. The van der Waals surface area contributed by atoms with E-state index >= 15 is 0 Å². The Hall–Kier alpha value is -2.09. The van der Waals surface area contributed by atoms with E-state index in [-0.39, 0.29) is 18.2 Å². The van der Waals surface area contributed by atoms with Gasteiger partial charge in [-0.05, 0) is 24.1 Å². The van der Waals surface area contributed by atoms with E-state index in [1.54, 1.807) is 13.0 Å². The predicted octanol–water partition coefficient (Wildman–Crippen LogP) is 1.70. The SMILES string of the molecule is Cc1cc2c(cc1S(=O)(=O)NCC(N)c1ccccc1)OCO2. The van der Waals surface area contributed by atoms with Gasteiger partial charge < -0.3 is 15.2 Å². The van der Waals surface area contributed by atoms with E-state index < -0.39 is 16.1 Å². The fraction of sp³-hybridized carbons (Fsp3) is 0.250. The highest BCUT2D eigenvalue weighted by Gasteiger charge is 2.23. The average Bonchev–Trinajstić information content (AvgIpc) is 3.00. The summed E-state index contributed by atoms with van der Waals surface area (Å²) in [6.07, 6.45) is 0. The van der Waals surface area contributed by atoms with Crippen LogP contribution >= 0.6 is 0 Å². The lowest BCUT2D eigenvalue weighted by Crippen LogP contribution is -2.32. The summed E-state index contributed by atoms with van der Waals surface area (Å²) >= 11 is 0. The number of ether oxygens (including phenoxy) is 2. The Bertz CT molecular complexity index is 806. The molecule has 122 valence electrons. The quantitative estimate of drug-likeness (QED) is 0.868. The highest BCUT2D eigenvalue weighted by molar-refractivity contribution is 7.89. The Morgan fingerprint density at radius 2 is 1.83 bits per heavy atom. The zero-order chi connectivity index (χ0) is 16.4. The van der Waals surface area contributed by atoms with Crippen LogP contribution in [0.2, 0.25) is 0 Å². The van der Waals surface area contributed by atoms with Crippen LogP contribution in [0.3, 0.4) is 0 Å². The van der Waals surface area contributed by atoms with Crippen LogP contribution in [0, 0.1) is 6.92 Å². The van der Waals surface area contributed by atoms with Gasteiger partial charge in [-0.2, -0.15) is 0 Å². The third-order valence-electron chi connectivity index (χ3n) is 3.68. The lowest BCUT2D eigenvalue weighted by molar-refractivity contribution is 0.174. The second kappa shape index (κ2) is 6.19. The van der Waals surface area contributed by atoms with E-state index in [1.807, 2.05) is 30.3 Å². The van der Waals surface area contributed by atoms with Crippen molar-refractivity contribution < 1.29 is 17.9 Å². The van der Waals surface area contributed by atoms with Crippen LogP contribution < -0.4 is 19.9 Å². The standard InChI is InChI=1S/C16H18N2O4S/c1-11-7-14-15(22-10-21-14)8-16(11)23(19,20)18-9-13(17)12-5-3-2-4-6-12/h2-8,13,18H,9-10,17H2,1H3. The molecule has 1 atom stereocenters. The van der Waals surface area contributed by atoms with Gasteiger partial charge in [0.2, 0.25) is 16.8 Å². The molecule has 23 heavy (non-hydrogen) atoms. The molecule has 2 aromatic rings. The van der Waals surface area contributed by atoms with Crippen molar-refractivity contribution in [3.8, 4) is 11.5 Å². The van der Waals surface area contributed by atoms with Crippen molar-refractivity contribution in [1.29, 1.82) is 0 Å². The zero-order valence-corrected chi connectivity index (χ0v) is 13.5. The Balaban J connectivity index is 1.77. The minimum atomic E-state index is -3.68. The maximum absolute atomic E-state index is 12.5. The molecular weight excluding hydrogens is 316 g/mol. The van der Waals surface area contributed by atoms with Crippen LogP contribution in [0.5, 0.6) is 11.5 Å². The zero-order valence-electron chi connectivity index (χ0n) is 12.7. The molecule has 1 heterocycles. The van der Waals surface area contributed by atoms with Gasteiger partial charge in [-0.15, -0.1) is 0 Å². The minimum absolute atomic E-state index is 0.102. The average molecular weight is 334 g/mol. The third kappa shape index (κ3) is 3.31. The Labute approximate surface area is 135 Å². The second-order valence-corrected chi connectivity index (χ2v) is 7.08. The highest BCUT2D eigenvalue weighted by Crippen LogP contribution is 2.36. The van der Waals surface area contributed by atoms with E-state index in [9.17, 15) is 8.42 Å². The number of aryl methyl sites for hydroxylation is 1. The fourth-order valence-corrected chi connectivity index (χ4v) is 3.71. The number of rotatable bonds is 5. The molecule has 0 aromatic heterocycles. The summed E-state index contributed by atoms with van der Waals surface area (Å²) in [7, 11) is -3.68. The molecule has 3 rings (SSSR count). The summed E-state index contributed by atoms with van der Waals surface area (Å²) < 4.78 is 38.1. The Morgan fingerprint density at radius 3 is 2.52 bits per heavy atom. The first-order valence-electron chi connectivity index (χ1n) is 7.18. The smallest absolute Gasteiger partial charge is 0.241 e. The lowest BCUT2D eigenvalue weighted by Gasteiger charge is -2.15. The van der Waals surface area contributed by atoms with Crippen molar-refractivity contribution in [2.45, 2.75) is 17.9 Å².